The Morgan fingerprint density at radius 3 is 2.39 bits per heavy atom. The van der Waals surface area contributed by atoms with Gasteiger partial charge in [0.1, 0.15) is 0 Å². The van der Waals surface area contributed by atoms with Crippen LogP contribution >= 0.6 is 0 Å². The van der Waals surface area contributed by atoms with Crippen LogP contribution in [-0.4, -0.2) is 25.2 Å². The van der Waals surface area contributed by atoms with Gasteiger partial charge in [0.15, 0.2) is 0 Å². The van der Waals surface area contributed by atoms with Crippen LogP contribution in [-0.2, 0) is 4.79 Å². The van der Waals surface area contributed by atoms with Gasteiger partial charge in [0.2, 0.25) is 5.91 Å². The normalized spacial score (nSPS) is 15.3. The summed E-state index contributed by atoms with van der Waals surface area (Å²) in [5, 5.41) is 2.79. The van der Waals surface area contributed by atoms with Crippen LogP contribution < -0.4 is 5.32 Å². The highest BCUT2D eigenvalue weighted by atomic mass is 16.1. The minimum Gasteiger partial charge on any atom is -0.347 e. The minimum absolute atomic E-state index is 0.199. The molecule has 2 unspecified atom stereocenters. The topological polar surface area (TPSA) is 41.5 Å². The van der Waals surface area contributed by atoms with Crippen molar-refractivity contribution in [2.45, 2.75) is 40.5 Å². The lowest BCUT2D eigenvalue weighted by atomic mass is 9.90. The van der Waals surface area contributed by atoms with Crippen molar-refractivity contribution in [2.24, 2.45) is 16.8 Å². The van der Waals surface area contributed by atoms with Crippen molar-refractivity contribution >= 4 is 11.6 Å². The lowest BCUT2D eigenvalue weighted by molar-refractivity contribution is -0.116. The first kappa shape index (κ1) is 21.1. The van der Waals surface area contributed by atoms with Crippen molar-refractivity contribution in [3.05, 3.63) is 48.6 Å². The quantitative estimate of drug-likeness (QED) is 0.360. The molecule has 1 N–H and O–H groups in total. The van der Waals surface area contributed by atoms with E-state index in [1.165, 1.54) is 6.08 Å². The smallest absolute Gasteiger partial charge is 0.243 e. The number of carbonyl (C=O) groups excluding carboxylic acids is 1. The second kappa shape index (κ2) is 11.6. The van der Waals surface area contributed by atoms with Crippen LogP contribution in [0.4, 0.5) is 0 Å². The van der Waals surface area contributed by atoms with Gasteiger partial charge >= 0.3 is 0 Å². The third-order valence-electron chi connectivity index (χ3n) is 4.10. The van der Waals surface area contributed by atoms with Crippen LogP contribution in [0.2, 0.25) is 0 Å². The molecule has 0 saturated carbocycles. The zero-order valence-electron chi connectivity index (χ0n) is 15.4. The van der Waals surface area contributed by atoms with Gasteiger partial charge in [-0.05, 0) is 29.9 Å². The first-order chi connectivity index (χ1) is 10.9. The fraction of sp³-hybridized carbons (Fsp3) is 0.500. The van der Waals surface area contributed by atoms with Gasteiger partial charge in [-0.1, -0.05) is 65.5 Å². The third kappa shape index (κ3) is 7.78. The number of nitrogens with one attached hydrogen (secondary N) is 1. The fourth-order valence-corrected chi connectivity index (χ4v) is 1.92. The molecule has 128 valence electrons. The molecule has 1 amide bonds. The van der Waals surface area contributed by atoms with Crippen molar-refractivity contribution in [2.75, 3.05) is 13.6 Å². The Kier molecular flexibility index (Phi) is 10.7. The molecule has 0 radical (unpaired) electrons. The van der Waals surface area contributed by atoms with Crippen molar-refractivity contribution in [3.63, 3.8) is 0 Å². The number of aliphatic imine (C=N–C) groups is 1. The SMILES string of the molecule is C=CC(=O)NCC(=NC)/C(=C/C=C\C(C)CC)C(=C)C(C)CC. The van der Waals surface area contributed by atoms with E-state index in [0.29, 0.717) is 18.4 Å². The van der Waals surface area contributed by atoms with E-state index in [4.69, 9.17) is 0 Å². The van der Waals surface area contributed by atoms with Gasteiger partial charge in [0, 0.05) is 12.6 Å². The van der Waals surface area contributed by atoms with Gasteiger partial charge in [-0.2, -0.15) is 0 Å². The summed E-state index contributed by atoms with van der Waals surface area (Å²) in [6.45, 7) is 16.7. The Morgan fingerprint density at radius 1 is 1.26 bits per heavy atom. The van der Waals surface area contributed by atoms with Gasteiger partial charge in [0.05, 0.1) is 12.3 Å². The summed E-state index contributed by atoms with van der Waals surface area (Å²) in [5.41, 5.74) is 2.89. The minimum atomic E-state index is -0.199. The van der Waals surface area contributed by atoms with E-state index in [1.54, 1.807) is 7.05 Å². The summed E-state index contributed by atoms with van der Waals surface area (Å²) in [6.07, 6.45) is 9.69. The van der Waals surface area contributed by atoms with E-state index in [0.717, 1.165) is 29.7 Å². The van der Waals surface area contributed by atoms with Crippen LogP contribution in [0.3, 0.4) is 0 Å². The molecule has 2 atom stereocenters. The van der Waals surface area contributed by atoms with Crippen molar-refractivity contribution in [3.8, 4) is 0 Å². The maximum Gasteiger partial charge on any atom is 0.243 e. The zero-order chi connectivity index (χ0) is 17.8. The van der Waals surface area contributed by atoms with Gasteiger partial charge < -0.3 is 5.32 Å². The Morgan fingerprint density at radius 2 is 1.91 bits per heavy atom. The molecule has 0 aromatic rings. The first-order valence-electron chi connectivity index (χ1n) is 8.35. The van der Waals surface area contributed by atoms with Gasteiger partial charge in [-0.25, -0.2) is 0 Å². The van der Waals surface area contributed by atoms with Gasteiger partial charge in [-0.15, -0.1) is 0 Å². The molecule has 0 aliphatic carbocycles. The zero-order valence-corrected chi connectivity index (χ0v) is 15.4. The second-order valence-electron chi connectivity index (χ2n) is 5.78. The number of nitrogens with zero attached hydrogens (tertiary/aromatic N) is 1. The Bertz CT molecular complexity index is 498. The molecule has 3 nitrogen and oxygen atoms in total. The maximum atomic E-state index is 11.4. The predicted octanol–water partition coefficient (Wildman–Crippen LogP) is 4.49. The summed E-state index contributed by atoms with van der Waals surface area (Å²) in [5.74, 6) is 0.701. The van der Waals surface area contributed by atoms with E-state index in [1.807, 2.05) is 0 Å². The highest BCUT2D eigenvalue weighted by Crippen LogP contribution is 2.22. The third-order valence-corrected chi connectivity index (χ3v) is 4.10. The molecule has 0 rings (SSSR count). The maximum absolute atomic E-state index is 11.4. The molecule has 0 spiro atoms. The van der Waals surface area contributed by atoms with Crippen LogP contribution in [0.25, 0.3) is 0 Å². The molecule has 3 heteroatoms. The van der Waals surface area contributed by atoms with Gasteiger partial charge in [0.25, 0.3) is 0 Å². The summed E-state index contributed by atoms with van der Waals surface area (Å²) in [6, 6.07) is 0. The average Bonchev–Trinajstić information content (AvgIpc) is 2.58. The molecular weight excluding hydrogens is 284 g/mol. The van der Waals surface area contributed by atoms with Crippen molar-refractivity contribution in [1.29, 1.82) is 0 Å². The number of hydrogen-bond donors (Lipinski definition) is 1. The largest absolute Gasteiger partial charge is 0.347 e. The van der Waals surface area contributed by atoms with E-state index in [9.17, 15) is 4.79 Å². The van der Waals surface area contributed by atoms with E-state index >= 15 is 0 Å². The molecule has 0 aromatic carbocycles. The van der Waals surface area contributed by atoms with Crippen LogP contribution in [0, 0.1) is 11.8 Å². The molecule has 0 fully saturated rings. The molecule has 0 heterocycles. The average molecular weight is 316 g/mol. The monoisotopic (exact) mass is 316 g/mol. The van der Waals surface area contributed by atoms with Crippen molar-refractivity contribution in [1.82, 2.24) is 5.32 Å². The fourth-order valence-electron chi connectivity index (χ4n) is 1.92. The number of hydrogen-bond acceptors (Lipinski definition) is 2. The summed E-state index contributed by atoms with van der Waals surface area (Å²) in [7, 11) is 1.74. The Hall–Kier alpha value is -1.90. The summed E-state index contributed by atoms with van der Waals surface area (Å²) < 4.78 is 0. The highest BCUT2D eigenvalue weighted by Gasteiger charge is 2.14. The number of allylic oxidation sites excluding steroid dienone is 4. The molecule has 0 aliphatic rings. The second-order valence-corrected chi connectivity index (χ2v) is 5.78. The highest BCUT2D eigenvalue weighted by molar-refractivity contribution is 6.07. The number of rotatable bonds is 10. The predicted molar refractivity (Wildman–Crippen MR) is 102 cm³/mol. The number of amides is 1. The standard InChI is InChI=1S/C20H32N2O/c1-8-15(4)12-11-13-18(17(6)16(5)9-2)19(21-7)14-22-20(23)10-3/h10-13,15-16H,3,6,8-9,14H2,1-2,4-5,7H3,(H,22,23)/b12-11-,18-13+,21-19?. The van der Waals surface area contributed by atoms with Crippen molar-refractivity contribution < 1.29 is 4.79 Å². The molecule has 23 heavy (non-hydrogen) atoms. The Labute approximate surface area is 142 Å². The number of carbonyl (C=O) groups is 1. The Balaban J connectivity index is 5.42. The van der Waals surface area contributed by atoms with Crippen LogP contribution in [0.5, 0.6) is 0 Å². The van der Waals surface area contributed by atoms with E-state index in [-0.39, 0.29) is 5.91 Å². The molecule has 0 aliphatic heterocycles. The summed E-state index contributed by atoms with van der Waals surface area (Å²) in [4.78, 5) is 15.8. The lowest BCUT2D eigenvalue weighted by Crippen LogP contribution is -2.29. The summed E-state index contributed by atoms with van der Waals surface area (Å²) >= 11 is 0. The van der Waals surface area contributed by atoms with Crippen LogP contribution in [0.1, 0.15) is 40.5 Å². The molecule has 0 bridgehead atoms. The van der Waals surface area contributed by atoms with E-state index < -0.39 is 0 Å². The van der Waals surface area contributed by atoms with E-state index in [2.05, 4.69) is 69.4 Å². The molecular formula is C20H32N2O. The molecule has 0 saturated heterocycles. The first-order valence-corrected chi connectivity index (χ1v) is 8.35. The van der Waals surface area contributed by atoms with Crippen LogP contribution in [0.15, 0.2) is 53.6 Å². The molecule has 0 aromatic heterocycles. The lowest BCUT2D eigenvalue weighted by Gasteiger charge is -2.18. The van der Waals surface area contributed by atoms with Gasteiger partial charge in [-0.3, -0.25) is 9.79 Å².